The number of allylic oxidation sites excluding steroid dienone is 2. The van der Waals surface area contributed by atoms with E-state index in [2.05, 4.69) is 179 Å². The fourth-order valence-corrected chi connectivity index (χ4v) is 19.0. The third kappa shape index (κ3) is 17.6. The summed E-state index contributed by atoms with van der Waals surface area (Å²) in [6, 6.07) is 49.1. The minimum Gasteiger partial charge on any atom is -0.497 e. The van der Waals surface area contributed by atoms with Crippen molar-refractivity contribution in [2.24, 2.45) is 11.8 Å². The predicted octanol–water partition coefficient (Wildman–Crippen LogP) is 16.3. The molecule has 0 aromatic heterocycles. The van der Waals surface area contributed by atoms with Crippen LogP contribution >= 0.6 is 18.9 Å². The first kappa shape index (κ1) is 70.2. The molecule has 2 fully saturated rings. The third-order valence-corrected chi connectivity index (χ3v) is 32.8. The van der Waals surface area contributed by atoms with Gasteiger partial charge in [0.15, 0.2) is 22.4 Å². The van der Waals surface area contributed by atoms with E-state index in [4.69, 9.17) is 60.2 Å². The van der Waals surface area contributed by atoms with Gasteiger partial charge >= 0.3 is 0 Å². The van der Waals surface area contributed by atoms with Crippen molar-refractivity contribution >= 4 is 51.4 Å². The van der Waals surface area contributed by atoms with Crippen molar-refractivity contribution in [3.63, 3.8) is 0 Å². The summed E-state index contributed by atoms with van der Waals surface area (Å²) < 4.78 is 61.6. The molecular formula is C73H103ClO10PSi2+. The minimum atomic E-state index is -2.40. The molecule has 2 heterocycles. The molecule has 7 rings (SSSR count). The third-order valence-electron chi connectivity index (χ3n) is 19.2. The summed E-state index contributed by atoms with van der Waals surface area (Å²) in [5, 5.41) is 18.1. The van der Waals surface area contributed by atoms with Gasteiger partial charge in [-0.3, -0.25) is 0 Å². The smallest absolute Gasteiger partial charge is 0.199 e. The van der Waals surface area contributed by atoms with E-state index in [1.165, 1.54) is 15.9 Å². The zero-order valence-corrected chi connectivity index (χ0v) is 58.6. The van der Waals surface area contributed by atoms with Crippen LogP contribution in [-0.2, 0) is 45.8 Å². The van der Waals surface area contributed by atoms with Crippen LogP contribution in [0.25, 0.3) is 0 Å². The van der Waals surface area contributed by atoms with Crippen LogP contribution in [0.4, 0.5) is 0 Å². The topological polar surface area (TPSA) is 103 Å². The Labute approximate surface area is 530 Å². The second kappa shape index (κ2) is 30.7. The number of benzene rings is 5. The van der Waals surface area contributed by atoms with Crippen LogP contribution in [0.3, 0.4) is 0 Å². The Hall–Kier alpha value is -4.25. The van der Waals surface area contributed by atoms with E-state index in [-0.39, 0.29) is 47.5 Å². The molecule has 10 nitrogen and oxygen atoms in total. The summed E-state index contributed by atoms with van der Waals surface area (Å²) in [6.45, 7) is 36.2. The van der Waals surface area contributed by atoms with Gasteiger partial charge in [0.25, 0.3) is 0 Å². The van der Waals surface area contributed by atoms with Crippen molar-refractivity contribution in [2.45, 2.75) is 198 Å². The summed E-state index contributed by atoms with van der Waals surface area (Å²) in [5.41, 5.74) is 2.80. The molecule has 2 saturated heterocycles. The summed E-state index contributed by atoms with van der Waals surface area (Å²) in [6.07, 6.45) is 3.51. The Morgan fingerprint density at radius 1 is 0.678 bits per heavy atom. The average Bonchev–Trinajstić information content (AvgIpc) is 0.822. The van der Waals surface area contributed by atoms with Crippen LogP contribution in [0.5, 0.6) is 11.5 Å². The van der Waals surface area contributed by atoms with Crippen LogP contribution in [0, 0.1) is 11.8 Å². The van der Waals surface area contributed by atoms with E-state index >= 15 is 0 Å². The number of halogens is 1. The Bertz CT molecular complexity index is 2850. The van der Waals surface area contributed by atoms with E-state index in [0.717, 1.165) is 53.6 Å². The molecule has 1 N–H and O–H groups in total. The number of ether oxygens (including phenoxy) is 7. The maximum atomic E-state index is 13.7. The monoisotopic (exact) mass is 1260 g/mol. The van der Waals surface area contributed by atoms with Gasteiger partial charge in [0, 0.05) is 30.4 Å². The standard InChI is InChI=1S/C73H103ClO10PSi2/c1-52(47-60(41-36-53(2)74)83-86(14,15)71(5,6)7)48-65-69(80-51-57-39-44-59(77-12)45-40-57)67(79-50-56-37-42-58(76-11)43-38-56)55(4)68(81-65)70(75)73(78-13)49-66(84-87(16,17)72(8,9)10)54(3)64(82-73)35-27-28-46-85(61-29-21-18-22-30-61,62-31-23-19-24-32-62)63-33-25-20-26-34-63/h18-26,29-34,36-45,54-55,60,64-70,75H,1-2,27-28,35,46-51H2,3-17H3/q+1/b41-36+/t54-,55+,60+,64+,65+,66-,67+,68+,69+,70-,73+/m0/s1. The molecule has 0 unspecified atom stereocenters. The van der Waals surface area contributed by atoms with Gasteiger partial charge in [-0.15, -0.1) is 0 Å². The van der Waals surface area contributed by atoms with Gasteiger partial charge in [-0.1, -0.05) is 171 Å². The Balaban J connectivity index is 1.27. The molecule has 5 aromatic carbocycles. The molecule has 0 bridgehead atoms. The molecular weight excluding hydrogens is 1160 g/mol. The molecule has 14 heteroatoms. The highest BCUT2D eigenvalue weighted by molar-refractivity contribution is 7.95. The van der Waals surface area contributed by atoms with Gasteiger partial charge < -0.3 is 47.1 Å². The van der Waals surface area contributed by atoms with E-state index in [1.54, 1.807) is 27.4 Å². The van der Waals surface area contributed by atoms with Crippen molar-refractivity contribution < 1.29 is 47.1 Å². The fourth-order valence-electron chi connectivity index (χ4n) is 11.9. The number of aliphatic hydroxyl groups excluding tert-OH is 1. The highest BCUT2D eigenvalue weighted by Crippen LogP contribution is 2.56. The first-order valence-corrected chi connectivity index (χ1v) is 39.5. The fraction of sp³-hybridized carbons (Fsp3) is 0.507. The van der Waals surface area contributed by atoms with Gasteiger partial charge in [0.1, 0.15) is 46.9 Å². The first-order chi connectivity index (χ1) is 41.2. The first-order valence-electron chi connectivity index (χ1n) is 31.3. The molecule has 5 aromatic rings. The van der Waals surface area contributed by atoms with Crippen LogP contribution in [0.2, 0.25) is 36.3 Å². The number of aliphatic hydroxyl groups is 1. The summed E-state index contributed by atoms with van der Waals surface area (Å²) in [4.78, 5) is 0. The highest BCUT2D eigenvalue weighted by atomic mass is 35.5. The lowest BCUT2D eigenvalue weighted by molar-refractivity contribution is -0.360. The average molecular weight is 1260 g/mol. The van der Waals surface area contributed by atoms with Crippen molar-refractivity contribution in [1.82, 2.24) is 0 Å². The van der Waals surface area contributed by atoms with E-state index < -0.39 is 66.1 Å². The van der Waals surface area contributed by atoms with Crippen LogP contribution in [0.15, 0.2) is 175 Å². The van der Waals surface area contributed by atoms with Crippen LogP contribution in [0.1, 0.15) is 105 Å². The van der Waals surface area contributed by atoms with E-state index in [0.29, 0.717) is 24.3 Å². The number of hydrogen-bond acceptors (Lipinski definition) is 10. The lowest BCUT2D eigenvalue weighted by atomic mass is 9.78. The van der Waals surface area contributed by atoms with Gasteiger partial charge in [0.05, 0.1) is 70.2 Å². The second-order valence-electron chi connectivity index (χ2n) is 27.3. The summed E-state index contributed by atoms with van der Waals surface area (Å²) in [7, 11) is -1.78. The maximum Gasteiger partial charge on any atom is 0.199 e. The van der Waals surface area contributed by atoms with Crippen molar-refractivity contribution in [1.29, 1.82) is 0 Å². The van der Waals surface area contributed by atoms with E-state index in [1.807, 2.05) is 54.6 Å². The number of methoxy groups -OCH3 is 3. The normalized spacial score (nSPS) is 23.9. The number of hydrogen-bond donors (Lipinski definition) is 1. The lowest BCUT2D eigenvalue weighted by Crippen LogP contribution is -2.67. The molecule has 0 saturated carbocycles. The van der Waals surface area contributed by atoms with Gasteiger partial charge in [-0.05, 0) is 146 Å². The summed E-state index contributed by atoms with van der Waals surface area (Å²) in [5.74, 6) is -0.494. The van der Waals surface area contributed by atoms with Crippen LogP contribution in [-0.4, -0.2) is 104 Å². The molecule has 0 aliphatic carbocycles. The quantitative estimate of drug-likeness (QED) is 0.0164. The van der Waals surface area contributed by atoms with E-state index in [9.17, 15) is 5.11 Å². The predicted molar refractivity (Wildman–Crippen MR) is 366 cm³/mol. The van der Waals surface area contributed by atoms with Gasteiger partial charge in [-0.25, -0.2) is 0 Å². The number of rotatable bonds is 29. The Kier molecular flexibility index (Phi) is 24.8. The zero-order chi connectivity index (χ0) is 63.4. The Morgan fingerprint density at radius 2 is 1.16 bits per heavy atom. The molecule has 474 valence electrons. The molecule has 0 spiro atoms. The van der Waals surface area contributed by atoms with Crippen molar-refractivity contribution in [3.8, 4) is 11.5 Å². The van der Waals surface area contributed by atoms with Crippen molar-refractivity contribution in [2.75, 3.05) is 27.5 Å². The maximum absolute atomic E-state index is 13.7. The number of unbranched alkanes of at least 4 members (excludes halogenated alkanes) is 1. The molecule has 87 heavy (non-hydrogen) atoms. The zero-order valence-electron chi connectivity index (χ0n) is 54.9. The Morgan fingerprint density at radius 3 is 1.61 bits per heavy atom. The molecule has 0 radical (unpaired) electrons. The SMILES string of the molecule is C=C(Cl)/C=C/[C@H](CC(=C)C[C@H]1O[C@@H]([C@H](O)[C@@]2(OC)C[C@H](O[Si](C)(C)C(C)(C)C)[C@@H](C)[C@@H](CCCC[P+](c3ccccc3)(c3ccccc3)c3ccccc3)O2)[C@H](C)[C@@H](OCc2ccc(OC)cc2)[C@@H]1OCc1ccc(OC)cc1)O[Si](C)(C)C(C)(C)C. The second-order valence-corrected chi connectivity index (χ2v) is 40.9. The molecule has 2 aliphatic rings. The molecule has 11 atom stereocenters. The molecule has 2 aliphatic heterocycles. The van der Waals surface area contributed by atoms with Gasteiger partial charge in [-0.2, -0.15) is 0 Å². The minimum absolute atomic E-state index is 0.0184. The molecule has 0 amide bonds. The van der Waals surface area contributed by atoms with Gasteiger partial charge in [0.2, 0.25) is 0 Å². The summed E-state index contributed by atoms with van der Waals surface area (Å²) >= 11 is 6.38. The lowest BCUT2D eigenvalue weighted by Gasteiger charge is -2.54. The largest absolute Gasteiger partial charge is 0.497 e. The van der Waals surface area contributed by atoms with Crippen molar-refractivity contribution in [3.05, 3.63) is 187 Å². The van der Waals surface area contributed by atoms with Crippen LogP contribution < -0.4 is 25.4 Å². The highest BCUT2D eigenvalue weighted by Gasteiger charge is 2.59.